The number of hydrogen-bond acceptors (Lipinski definition) is 7. The second-order valence-electron chi connectivity index (χ2n) is 4.70. The van der Waals surface area contributed by atoms with Gasteiger partial charge in [0.25, 0.3) is 5.69 Å². The zero-order valence-corrected chi connectivity index (χ0v) is 15.7. The lowest BCUT2D eigenvalue weighted by atomic mass is 10.3. The van der Waals surface area contributed by atoms with Gasteiger partial charge in [-0.15, -0.1) is 16.4 Å². The van der Waals surface area contributed by atoms with Crippen LogP contribution >= 0.6 is 39.0 Å². The molecular formula is C14H10BrN5O3S2. The molecule has 0 radical (unpaired) electrons. The number of carbonyl (C=O) groups is 1. The van der Waals surface area contributed by atoms with Crippen molar-refractivity contribution in [1.82, 2.24) is 15.2 Å². The molecule has 0 spiro atoms. The van der Waals surface area contributed by atoms with Crippen LogP contribution in [0.5, 0.6) is 0 Å². The van der Waals surface area contributed by atoms with Crippen LogP contribution in [0.1, 0.15) is 0 Å². The summed E-state index contributed by atoms with van der Waals surface area (Å²) < 4.78 is 0.443. The number of hydrogen-bond donors (Lipinski definition) is 2. The van der Waals surface area contributed by atoms with Gasteiger partial charge in [-0.05, 0) is 33.4 Å². The SMILES string of the molecule is O=C(CSc1n[nH]c(-c2cccs2)n1)Nc1ccc([N+](=O)[O-])cc1Br. The van der Waals surface area contributed by atoms with Gasteiger partial charge in [0.15, 0.2) is 5.82 Å². The van der Waals surface area contributed by atoms with Crippen LogP contribution in [0, 0.1) is 10.1 Å². The van der Waals surface area contributed by atoms with Gasteiger partial charge >= 0.3 is 0 Å². The first-order valence-electron chi connectivity index (χ1n) is 6.86. The number of benzene rings is 1. The minimum atomic E-state index is -0.499. The van der Waals surface area contributed by atoms with E-state index < -0.39 is 4.92 Å². The molecule has 2 N–H and O–H groups in total. The molecule has 1 aromatic carbocycles. The molecule has 0 fully saturated rings. The number of non-ortho nitro benzene ring substituents is 1. The molecule has 25 heavy (non-hydrogen) atoms. The van der Waals surface area contributed by atoms with Gasteiger partial charge in [-0.25, -0.2) is 4.98 Å². The van der Waals surface area contributed by atoms with Gasteiger partial charge in [-0.3, -0.25) is 20.0 Å². The molecule has 2 heterocycles. The Morgan fingerprint density at radius 2 is 2.28 bits per heavy atom. The number of H-pyrrole nitrogens is 1. The number of nitrogens with zero attached hydrogens (tertiary/aromatic N) is 3. The molecule has 0 bridgehead atoms. The molecular weight excluding hydrogens is 430 g/mol. The summed E-state index contributed by atoms with van der Waals surface area (Å²) in [6.07, 6.45) is 0. The topological polar surface area (TPSA) is 114 Å². The van der Waals surface area contributed by atoms with E-state index in [9.17, 15) is 14.9 Å². The highest BCUT2D eigenvalue weighted by Gasteiger charge is 2.13. The van der Waals surface area contributed by atoms with Crippen molar-refractivity contribution in [1.29, 1.82) is 0 Å². The molecule has 1 amide bonds. The lowest BCUT2D eigenvalue weighted by molar-refractivity contribution is -0.384. The van der Waals surface area contributed by atoms with E-state index in [1.54, 1.807) is 11.3 Å². The lowest BCUT2D eigenvalue weighted by Crippen LogP contribution is -2.14. The van der Waals surface area contributed by atoms with Crippen LogP contribution in [0.15, 0.2) is 45.3 Å². The number of thioether (sulfide) groups is 1. The summed E-state index contributed by atoms with van der Waals surface area (Å²) in [5.41, 5.74) is 0.409. The van der Waals surface area contributed by atoms with E-state index in [0.717, 1.165) is 4.88 Å². The largest absolute Gasteiger partial charge is 0.324 e. The van der Waals surface area contributed by atoms with Crippen LogP contribution in [0.3, 0.4) is 0 Å². The molecule has 3 rings (SSSR count). The number of nitro benzene ring substituents is 1. The minimum Gasteiger partial charge on any atom is -0.324 e. The number of amides is 1. The van der Waals surface area contributed by atoms with Crippen LogP contribution in [0.25, 0.3) is 10.7 Å². The van der Waals surface area contributed by atoms with Crippen molar-refractivity contribution in [2.75, 3.05) is 11.1 Å². The summed E-state index contributed by atoms with van der Waals surface area (Å²) in [6, 6.07) is 8.00. The van der Waals surface area contributed by atoms with Crippen molar-refractivity contribution < 1.29 is 9.72 Å². The second-order valence-corrected chi connectivity index (χ2v) is 7.45. The number of nitro groups is 1. The Hall–Kier alpha value is -2.24. The number of thiophene rings is 1. The van der Waals surface area contributed by atoms with Crippen molar-refractivity contribution in [2.24, 2.45) is 0 Å². The van der Waals surface area contributed by atoms with Gasteiger partial charge in [0.05, 0.1) is 21.2 Å². The third-order valence-electron chi connectivity index (χ3n) is 2.99. The Kier molecular flexibility index (Phi) is 5.46. The molecule has 0 saturated heterocycles. The molecule has 0 aliphatic carbocycles. The van der Waals surface area contributed by atoms with E-state index in [0.29, 0.717) is 21.1 Å². The highest BCUT2D eigenvalue weighted by atomic mass is 79.9. The summed E-state index contributed by atoms with van der Waals surface area (Å²) in [5.74, 6) is 0.517. The van der Waals surface area contributed by atoms with Gasteiger partial charge in [0, 0.05) is 16.6 Å². The summed E-state index contributed by atoms with van der Waals surface area (Å²) in [4.78, 5) is 27.5. The Morgan fingerprint density at radius 1 is 1.44 bits per heavy atom. The number of halogens is 1. The molecule has 128 valence electrons. The maximum Gasteiger partial charge on any atom is 0.270 e. The summed E-state index contributed by atoms with van der Waals surface area (Å²) in [5, 5.41) is 22.7. The van der Waals surface area contributed by atoms with E-state index >= 15 is 0 Å². The van der Waals surface area contributed by atoms with Gasteiger partial charge in [-0.1, -0.05) is 17.8 Å². The van der Waals surface area contributed by atoms with Crippen molar-refractivity contribution in [3.8, 4) is 10.7 Å². The first-order chi connectivity index (χ1) is 12.0. The van der Waals surface area contributed by atoms with E-state index in [1.165, 1.54) is 30.0 Å². The Bertz CT molecular complexity index is 913. The molecule has 2 aromatic heterocycles. The minimum absolute atomic E-state index is 0.0546. The fourth-order valence-corrected chi connectivity index (χ4v) is 3.60. The van der Waals surface area contributed by atoms with Crippen molar-refractivity contribution in [2.45, 2.75) is 5.16 Å². The average molecular weight is 440 g/mol. The highest BCUT2D eigenvalue weighted by molar-refractivity contribution is 9.10. The van der Waals surface area contributed by atoms with E-state index in [4.69, 9.17) is 0 Å². The average Bonchev–Trinajstić information content (AvgIpc) is 3.25. The van der Waals surface area contributed by atoms with Gasteiger partial charge in [0.2, 0.25) is 11.1 Å². The normalized spacial score (nSPS) is 10.6. The smallest absolute Gasteiger partial charge is 0.270 e. The second kappa shape index (κ2) is 7.76. The van der Waals surface area contributed by atoms with Crippen LogP contribution in [0.2, 0.25) is 0 Å². The van der Waals surface area contributed by atoms with Crippen molar-refractivity contribution >= 4 is 56.3 Å². The molecule has 0 saturated carbocycles. The van der Waals surface area contributed by atoms with E-state index in [2.05, 4.69) is 36.4 Å². The fourth-order valence-electron chi connectivity index (χ4n) is 1.87. The number of aromatic amines is 1. The number of rotatable bonds is 6. The van der Waals surface area contributed by atoms with Crippen LogP contribution < -0.4 is 5.32 Å². The lowest BCUT2D eigenvalue weighted by Gasteiger charge is -2.06. The van der Waals surface area contributed by atoms with Crippen molar-refractivity contribution in [3.05, 3.63) is 50.3 Å². The number of nitrogens with one attached hydrogen (secondary N) is 2. The molecule has 0 atom stereocenters. The Morgan fingerprint density at radius 3 is 2.96 bits per heavy atom. The van der Waals surface area contributed by atoms with Crippen LogP contribution in [-0.4, -0.2) is 31.8 Å². The van der Waals surface area contributed by atoms with Crippen molar-refractivity contribution in [3.63, 3.8) is 0 Å². The first-order valence-corrected chi connectivity index (χ1v) is 9.51. The molecule has 0 aliphatic rings. The molecule has 11 heteroatoms. The monoisotopic (exact) mass is 439 g/mol. The molecule has 3 aromatic rings. The fraction of sp³-hybridized carbons (Fsp3) is 0.0714. The summed E-state index contributed by atoms with van der Waals surface area (Å²) in [6.45, 7) is 0. The maximum atomic E-state index is 12.0. The standard InChI is InChI=1S/C14H10BrN5O3S2/c15-9-6-8(20(22)23)3-4-10(9)16-12(21)7-25-14-17-13(18-19-14)11-2-1-5-24-11/h1-6H,7H2,(H,16,21)(H,17,18,19). The molecule has 0 aliphatic heterocycles. The summed E-state index contributed by atoms with van der Waals surface area (Å²) in [7, 11) is 0. The summed E-state index contributed by atoms with van der Waals surface area (Å²) >= 11 is 5.95. The van der Waals surface area contributed by atoms with Crippen LogP contribution in [0.4, 0.5) is 11.4 Å². The quantitative estimate of drug-likeness (QED) is 0.341. The van der Waals surface area contributed by atoms with Gasteiger partial charge < -0.3 is 5.32 Å². The zero-order valence-electron chi connectivity index (χ0n) is 12.4. The third kappa shape index (κ3) is 4.44. The number of anilines is 1. The Balaban J connectivity index is 1.57. The third-order valence-corrected chi connectivity index (χ3v) is 5.37. The first kappa shape index (κ1) is 17.6. The molecule has 8 nitrogen and oxygen atoms in total. The van der Waals surface area contributed by atoms with E-state index in [-0.39, 0.29) is 17.3 Å². The maximum absolute atomic E-state index is 12.0. The number of aromatic nitrogens is 3. The number of carbonyl (C=O) groups excluding carboxylic acids is 1. The van der Waals surface area contributed by atoms with Gasteiger partial charge in [-0.2, -0.15) is 0 Å². The zero-order chi connectivity index (χ0) is 17.8. The van der Waals surface area contributed by atoms with Crippen LogP contribution in [-0.2, 0) is 4.79 Å². The van der Waals surface area contributed by atoms with E-state index in [1.807, 2.05) is 17.5 Å². The molecule has 0 unspecified atom stereocenters. The predicted octanol–water partition coefficient (Wildman–Crippen LogP) is 3.93. The van der Waals surface area contributed by atoms with Gasteiger partial charge in [0.1, 0.15) is 0 Å². The Labute approximate surface area is 158 Å². The predicted molar refractivity (Wildman–Crippen MR) is 99.8 cm³/mol. The highest BCUT2D eigenvalue weighted by Crippen LogP contribution is 2.27.